The van der Waals surface area contributed by atoms with Gasteiger partial charge in [0.2, 0.25) is 0 Å². The molecule has 0 rings (SSSR count). The molecular formula is C15H31NO2. The Hall–Kier alpha value is -0.570. The molecule has 3 nitrogen and oxygen atoms in total. The average Bonchev–Trinajstić information content (AvgIpc) is 2.20. The van der Waals surface area contributed by atoms with E-state index in [-0.39, 0.29) is 5.92 Å². The molecule has 108 valence electrons. The Morgan fingerprint density at radius 1 is 1.00 bits per heavy atom. The van der Waals surface area contributed by atoms with Gasteiger partial charge in [0.05, 0.1) is 5.92 Å². The van der Waals surface area contributed by atoms with Gasteiger partial charge in [0, 0.05) is 6.54 Å². The van der Waals surface area contributed by atoms with E-state index in [2.05, 4.69) is 46.9 Å². The third-order valence-electron chi connectivity index (χ3n) is 3.59. The molecule has 0 aliphatic rings. The summed E-state index contributed by atoms with van der Waals surface area (Å²) in [4.78, 5) is 11.1. The molecule has 0 saturated carbocycles. The Labute approximate surface area is 112 Å². The van der Waals surface area contributed by atoms with Crippen molar-refractivity contribution in [1.29, 1.82) is 0 Å². The molecule has 0 spiro atoms. The van der Waals surface area contributed by atoms with E-state index in [0.717, 1.165) is 13.0 Å². The van der Waals surface area contributed by atoms with Crippen LogP contribution in [0.3, 0.4) is 0 Å². The molecule has 0 aromatic heterocycles. The Morgan fingerprint density at radius 2 is 1.50 bits per heavy atom. The lowest BCUT2D eigenvalue weighted by molar-refractivity contribution is -0.142. The maximum atomic E-state index is 11.1. The maximum absolute atomic E-state index is 11.1. The lowest BCUT2D eigenvalue weighted by Crippen LogP contribution is -2.35. The van der Waals surface area contributed by atoms with Crippen molar-refractivity contribution in [2.45, 2.75) is 48.0 Å². The molecule has 0 saturated heterocycles. The van der Waals surface area contributed by atoms with Gasteiger partial charge in [-0.15, -0.1) is 0 Å². The van der Waals surface area contributed by atoms with Gasteiger partial charge in [-0.25, -0.2) is 0 Å². The molecule has 0 amide bonds. The monoisotopic (exact) mass is 257 g/mol. The summed E-state index contributed by atoms with van der Waals surface area (Å²) in [5.41, 5.74) is 0. The smallest absolute Gasteiger partial charge is 0.307 e. The summed E-state index contributed by atoms with van der Waals surface area (Å²) < 4.78 is 0. The van der Waals surface area contributed by atoms with E-state index < -0.39 is 5.97 Å². The van der Waals surface area contributed by atoms with E-state index in [9.17, 15) is 4.79 Å². The van der Waals surface area contributed by atoms with Crippen LogP contribution in [0, 0.1) is 29.6 Å². The minimum Gasteiger partial charge on any atom is -0.481 e. The van der Waals surface area contributed by atoms with E-state index in [1.807, 2.05) is 0 Å². The van der Waals surface area contributed by atoms with Gasteiger partial charge in [0.25, 0.3) is 0 Å². The van der Waals surface area contributed by atoms with Crippen LogP contribution in [0.2, 0.25) is 0 Å². The largest absolute Gasteiger partial charge is 0.481 e. The van der Waals surface area contributed by atoms with Gasteiger partial charge in [-0.3, -0.25) is 4.79 Å². The third kappa shape index (κ3) is 7.00. The van der Waals surface area contributed by atoms with Crippen LogP contribution in [0.5, 0.6) is 0 Å². The summed E-state index contributed by atoms with van der Waals surface area (Å²) in [6, 6.07) is 0. The first-order valence-corrected chi connectivity index (χ1v) is 7.19. The van der Waals surface area contributed by atoms with E-state index >= 15 is 0 Å². The van der Waals surface area contributed by atoms with Crippen molar-refractivity contribution >= 4 is 5.97 Å². The van der Waals surface area contributed by atoms with Crippen LogP contribution in [-0.4, -0.2) is 24.2 Å². The zero-order chi connectivity index (χ0) is 14.3. The highest BCUT2D eigenvalue weighted by molar-refractivity contribution is 5.70. The van der Waals surface area contributed by atoms with Crippen LogP contribution in [0.25, 0.3) is 0 Å². The molecule has 1 atom stereocenters. The molecule has 0 radical (unpaired) electrons. The van der Waals surface area contributed by atoms with Crippen molar-refractivity contribution in [1.82, 2.24) is 5.32 Å². The molecule has 0 aromatic carbocycles. The number of aliphatic carboxylic acids is 1. The standard InChI is InChI=1S/C15H31NO2/c1-10(2)7-13(15(17)18)8-16-9-14(11(3)4)12(5)6/h10-14,16H,7-9H2,1-6H3,(H,17,18). The van der Waals surface area contributed by atoms with Crippen molar-refractivity contribution in [3.63, 3.8) is 0 Å². The molecule has 2 N–H and O–H groups in total. The highest BCUT2D eigenvalue weighted by Gasteiger charge is 2.21. The predicted octanol–water partition coefficient (Wildman–Crippen LogP) is 3.25. The van der Waals surface area contributed by atoms with Gasteiger partial charge in [-0.1, -0.05) is 41.5 Å². The molecule has 0 aliphatic carbocycles. The highest BCUT2D eigenvalue weighted by atomic mass is 16.4. The first kappa shape index (κ1) is 17.4. The third-order valence-corrected chi connectivity index (χ3v) is 3.59. The fourth-order valence-electron chi connectivity index (χ4n) is 2.51. The molecule has 18 heavy (non-hydrogen) atoms. The second-order valence-corrected chi connectivity index (χ2v) is 6.47. The minimum atomic E-state index is -0.679. The topological polar surface area (TPSA) is 49.3 Å². The highest BCUT2D eigenvalue weighted by Crippen LogP contribution is 2.19. The fraction of sp³-hybridized carbons (Fsp3) is 0.933. The number of hydrogen-bond donors (Lipinski definition) is 2. The summed E-state index contributed by atoms with van der Waals surface area (Å²) in [7, 11) is 0. The van der Waals surface area contributed by atoms with Gasteiger partial charge >= 0.3 is 5.97 Å². The van der Waals surface area contributed by atoms with Gasteiger partial charge < -0.3 is 10.4 Å². The van der Waals surface area contributed by atoms with Crippen molar-refractivity contribution in [2.75, 3.05) is 13.1 Å². The second-order valence-electron chi connectivity index (χ2n) is 6.47. The quantitative estimate of drug-likeness (QED) is 0.666. The summed E-state index contributed by atoms with van der Waals surface area (Å²) in [5, 5.41) is 12.5. The predicted molar refractivity (Wildman–Crippen MR) is 76.6 cm³/mol. The summed E-state index contributed by atoms with van der Waals surface area (Å²) in [6.07, 6.45) is 0.746. The first-order chi connectivity index (χ1) is 8.25. The van der Waals surface area contributed by atoms with Crippen LogP contribution < -0.4 is 5.32 Å². The second kappa shape index (κ2) is 8.52. The lowest BCUT2D eigenvalue weighted by Gasteiger charge is -2.26. The molecule has 0 aliphatic heterocycles. The van der Waals surface area contributed by atoms with Crippen LogP contribution in [0.4, 0.5) is 0 Å². The van der Waals surface area contributed by atoms with Crippen LogP contribution in [0.15, 0.2) is 0 Å². The van der Waals surface area contributed by atoms with Crippen LogP contribution in [-0.2, 0) is 4.79 Å². The first-order valence-electron chi connectivity index (χ1n) is 7.19. The molecule has 3 heteroatoms. The number of carboxylic acid groups (broad SMARTS) is 1. The summed E-state index contributed by atoms with van der Waals surface area (Å²) in [6.45, 7) is 14.6. The lowest BCUT2D eigenvalue weighted by atomic mass is 9.85. The molecule has 1 unspecified atom stereocenters. The SMILES string of the molecule is CC(C)CC(CNCC(C(C)C)C(C)C)C(=O)O. The molecule has 0 fully saturated rings. The Morgan fingerprint density at radius 3 is 1.83 bits per heavy atom. The van der Waals surface area contributed by atoms with Gasteiger partial charge in [-0.2, -0.15) is 0 Å². The zero-order valence-electron chi connectivity index (χ0n) is 12.9. The van der Waals surface area contributed by atoms with Crippen molar-refractivity contribution in [3.05, 3.63) is 0 Å². The van der Waals surface area contributed by atoms with Crippen molar-refractivity contribution < 1.29 is 9.90 Å². The number of carbonyl (C=O) groups is 1. The Balaban J connectivity index is 4.15. The Bertz CT molecular complexity index is 229. The van der Waals surface area contributed by atoms with E-state index in [1.54, 1.807) is 0 Å². The number of carboxylic acids is 1. The summed E-state index contributed by atoms with van der Waals surface area (Å²) >= 11 is 0. The zero-order valence-corrected chi connectivity index (χ0v) is 12.9. The van der Waals surface area contributed by atoms with Gasteiger partial charge in [0.15, 0.2) is 0 Å². The average molecular weight is 257 g/mol. The van der Waals surface area contributed by atoms with Crippen LogP contribution in [0.1, 0.15) is 48.0 Å². The summed E-state index contributed by atoms with van der Waals surface area (Å²) in [5.74, 6) is 1.36. The van der Waals surface area contributed by atoms with E-state index in [4.69, 9.17) is 5.11 Å². The number of rotatable bonds is 9. The molecule has 0 aromatic rings. The molecule has 0 bridgehead atoms. The molecular weight excluding hydrogens is 226 g/mol. The number of hydrogen-bond acceptors (Lipinski definition) is 2. The van der Waals surface area contributed by atoms with E-state index in [1.165, 1.54) is 0 Å². The normalized spacial score (nSPS) is 13.9. The van der Waals surface area contributed by atoms with Gasteiger partial charge in [0.1, 0.15) is 0 Å². The number of nitrogens with one attached hydrogen (secondary N) is 1. The van der Waals surface area contributed by atoms with Crippen molar-refractivity contribution in [3.8, 4) is 0 Å². The van der Waals surface area contributed by atoms with E-state index in [0.29, 0.717) is 30.2 Å². The minimum absolute atomic E-state index is 0.259. The van der Waals surface area contributed by atoms with Crippen molar-refractivity contribution in [2.24, 2.45) is 29.6 Å². The fourth-order valence-corrected chi connectivity index (χ4v) is 2.51. The van der Waals surface area contributed by atoms with Gasteiger partial charge in [-0.05, 0) is 36.6 Å². The maximum Gasteiger partial charge on any atom is 0.307 e. The van der Waals surface area contributed by atoms with Crippen LogP contribution >= 0.6 is 0 Å². The Kier molecular flexibility index (Phi) is 8.25. The molecule has 0 heterocycles.